The zero-order valence-corrected chi connectivity index (χ0v) is 17.7. The van der Waals surface area contributed by atoms with Gasteiger partial charge in [-0.2, -0.15) is 23.5 Å². The molecule has 0 N–H and O–H groups in total. The molecule has 0 heterocycles. The van der Waals surface area contributed by atoms with Gasteiger partial charge in [-0.1, -0.05) is 48.0 Å². The average Bonchev–Trinajstić information content (AvgIpc) is 2.64. The van der Waals surface area contributed by atoms with E-state index in [0.29, 0.717) is 11.3 Å². The first-order valence-electron chi connectivity index (χ1n) is 8.73. The van der Waals surface area contributed by atoms with Gasteiger partial charge in [0.2, 0.25) is 0 Å². The predicted octanol–water partition coefficient (Wildman–Crippen LogP) is 7.57. The quantitative estimate of drug-likeness (QED) is 0.335. The van der Waals surface area contributed by atoms with Crippen molar-refractivity contribution in [3.8, 4) is 6.07 Å². The molecule has 0 radical (unpaired) electrons. The Bertz CT molecular complexity index is 1010. The molecule has 0 amide bonds. The number of hydrogen-bond donors (Lipinski definition) is 0. The number of benzene rings is 2. The van der Waals surface area contributed by atoms with Gasteiger partial charge < -0.3 is 0 Å². The van der Waals surface area contributed by atoms with E-state index in [1.807, 2.05) is 6.07 Å². The summed E-state index contributed by atoms with van der Waals surface area (Å²) in [5, 5.41) is 15.4. The Morgan fingerprint density at radius 1 is 1.17 bits per heavy atom. The van der Waals surface area contributed by atoms with Crippen molar-refractivity contribution >= 4 is 40.7 Å². The number of alkyl halides is 3. The lowest BCUT2D eigenvalue weighted by molar-refractivity contribution is -0.139. The number of halogens is 5. The van der Waals surface area contributed by atoms with Crippen molar-refractivity contribution in [1.29, 1.82) is 5.26 Å². The first-order valence-corrected chi connectivity index (χ1v) is 9.49. The Morgan fingerprint density at radius 2 is 1.80 bits per heavy atom. The molecular weight excluding hydrogens is 434 g/mol. The van der Waals surface area contributed by atoms with Crippen molar-refractivity contribution in [1.82, 2.24) is 0 Å². The molecule has 1 atom stereocenters. The number of rotatable bonds is 6. The predicted molar refractivity (Wildman–Crippen MR) is 117 cm³/mol. The number of hydrogen-bond acceptors (Lipinski definition) is 3. The first kappa shape index (κ1) is 23.5. The normalized spacial score (nSPS) is 12.3. The van der Waals surface area contributed by atoms with Gasteiger partial charge in [-0.05, 0) is 55.3 Å². The lowest BCUT2D eigenvalue weighted by atomic mass is 9.96. The van der Waals surface area contributed by atoms with Crippen LogP contribution in [0.1, 0.15) is 36.5 Å². The van der Waals surface area contributed by atoms with Crippen molar-refractivity contribution in [3.63, 3.8) is 0 Å². The van der Waals surface area contributed by atoms with Crippen LogP contribution >= 0.6 is 23.2 Å². The SMILES string of the molecule is C=CN(N=C(C)C)c1ccc(/C=C/C(c2cc(Cl)cc(Cl)c2)C(F)(F)F)cc1C#N. The topological polar surface area (TPSA) is 39.4 Å². The fourth-order valence-electron chi connectivity index (χ4n) is 2.73. The van der Waals surface area contributed by atoms with Gasteiger partial charge >= 0.3 is 6.18 Å². The summed E-state index contributed by atoms with van der Waals surface area (Å²) < 4.78 is 40.9. The fraction of sp³-hybridized carbons (Fsp3) is 0.182. The Morgan fingerprint density at radius 3 is 2.30 bits per heavy atom. The molecular formula is C22H18Cl2F3N3. The van der Waals surface area contributed by atoms with Crippen molar-refractivity contribution in [2.75, 3.05) is 5.01 Å². The van der Waals surface area contributed by atoms with E-state index in [0.717, 1.165) is 11.8 Å². The maximum atomic E-state index is 13.6. The molecule has 30 heavy (non-hydrogen) atoms. The Labute approximate surface area is 183 Å². The van der Waals surface area contributed by atoms with Crippen LogP contribution in [-0.4, -0.2) is 11.9 Å². The van der Waals surface area contributed by atoms with E-state index < -0.39 is 12.1 Å². The van der Waals surface area contributed by atoms with Crippen LogP contribution in [0.4, 0.5) is 18.9 Å². The molecule has 2 aromatic rings. The smallest absolute Gasteiger partial charge is 0.240 e. The van der Waals surface area contributed by atoms with Gasteiger partial charge in [0, 0.05) is 22.0 Å². The summed E-state index contributed by atoms with van der Waals surface area (Å²) in [6.45, 7) is 7.25. The van der Waals surface area contributed by atoms with Crippen LogP contribution in [0.2, 0.25) is 10.0 Å². The van der Waals surface area contributed by atoms with Crippen molar-refractivity contribution in [2.24, 2.45) is 5.10 Å². The standard InChI is InChI=1S/C22H18Cl2F3N3/c1-4-30(29-14(2)3)21-8-6-15(9-17(21)13-28)5-7-20(22(25,26)27)16-10-18(23)12-19(24)11-16/h4-12,20H,1H2,2-3H3/b7-5+. The summed E-state index contributed by atoms with van der Waals surface area (Å²) in [5.74, 6) is -1.91. The van der Waals surface area contributed by atoms with Crippen LogP contribution in [0.25, 0.3) is 6.08 Å². The van der Waals surface area contributed by atoms with Crippen molar-refractivity contribution in [3.05, 3.63) is 82.0 Å². The molecule has 0 spiro atoms. The summed E-state index contributed by atoms with van der Waals surface area (Å²) in [6, 6.07) is 10.6. The molecule has 0 bridgehead atoms. The van der Waals surface area contributed by atoms with Crippen LogP contribution in [0.15, 0.2) is 60.4 Å². The largest absolute Gasteiger partial charge is 0.399 e. The van der Waals surface area contributed by atoms with Gasteiger partial charge in [0.05, 0.1) is 17.2 Å². The minimum Gasteiger partial charge on any atom is -0.240 e. The van der Waals surface area contributed by atoms with E-state index in [1.165, 1.54) is 41.6 Å². The highest BCUT2D eigenvalue weighted by Crippen LogP contribution is 2.38. The fourth-order valence-corrected chi connectivity index (χ4v) is 3.27. The van der Waals surface area contributed by atoms with E-state index in [1.54, 1.807) is 26.0 Å². The third kappa shape index (κ3) is 6.12. The number of hydrazone groups is 1. The van der Waals surface area contributed by atoms with Gasteiger partial charge in [-0.3, -0.25) is 0 Å². The molecule has 0 fully saturated rings. The van der Waals surface area contributed by atoms with E-state index in [9.17, 15) is 18.4 Å². The molecule has 0 aliphatic rings. The van der Waals surface area contributed by atoms with Crippen LogP contribution in [0.5, 0.6) is 0 Å². The lowest BCUT2D eigenvalue weighted by Crippen LogP contribution is -2.18. The lowest BCUT2D eigenvalue weighted by Gasteiger charge is -2.18. The number of nitriles is 1. The van der Waals surface area contributed by atoms with E-state index in [-0.39, 0.29) is 21.2 Å². The Hall–Kier alpha value is -2.75. The molecule has 0 saturated heterocycles. The highest BCUT2D eigenvalue weighted by Gasteiger charge is 2.39. The number of nitrogens with zero attached hydrogens (tertiary/aromatic N) is 3. The van der Waals surface area contributed by atoms with Crippen molar-refractivity contribution in [2.45, 2.75) is 25.9 Å². The van der Waals surface area contributed by atoms with E-state index in [2.05, 4.69) is 11.7 Å². The van der Waals surface area contributed by atoms with Gasteiger partial charge in [-0.15, -0.1) is 0 Å². The molecule has 2 aromatic carbocycles. The molecule has 156 valence electrons. The van der Waals surface area contributed by atoms with Gasteiger partial charge in [0.15, 0.2) is 0 Å². The molecule has 0 aromatic heterocycles. The van der Waals surface area contributed by atoms with E-state index >= 15 is 0 Å². The molecule has 2 rings (SSSR count). The van der Waals surface area contributed by atoms with Gasteiger partial charge in [0.25, 0.3) is 0 Å². The second-order valence-corrected chi connectivity index (χ2v) is 7.42. The summed E-state index contributed by atoms with van der Waals surface area (Å²) in [5.41, 5.74) is 1.82. The number of allylic oxidation sites excluding steroid dienone is 1. The highest BCUT2D eigenvalue weighted by atomic mass is 35.5. The van der Waals surface area contributed by atoms with Crippen LogP contribution in [0, 0.1) is 11.3 Å². The zero-order chi connectivity index (χ0) is 22.5. The van der Waals surface area contributed by atoms with Crippen molar-refractivity contribution < 1.29 is 13.2 Å². The van der Waals surface area contributed by atoms with Crippen LogP contribution in [-0.2, 0) is 0 Å². The number of anilines is 1. The summed E-state index contributed by atoms with van der Waals surface area (Å²) in [4.78, 5) is 0. The summed E-state index contributed by atoms with van der Waals surface area (Å²) in [6.07, 6.45) is -0.779. The molecule has 8 heteroatoms. The van der Waals surface area contributed by atoms with Gasteiger partial charge in [0.1, 0.15) is 6.07 Å². The molecule has 0 saturated carbocycles. The zero-order valence-electron chi connectivity index (χ0n) is 16.2. The summed E-state index contributed by atoms with van der Waals surface area (Å²) >= 11 is 11.7. The second-order valence-electron chi connectivity index (χ2n) is 6.54. The van der Waals surface area contributed by atoms with Crippen LogP contribution in [0.3, 0.4) is 0 Å². The van der Waals surface area contributed by atoms with Gasteiger partial charge in [-0.25, -0.2) is 5.01 Å². The molecule has 3 nitrogen and oxygen atoms in total. The first-order chi connectivity index (χ1) is 14.0. The monoisotopic (exact) mass is 451 g/mol. The third-order valence-corrected chi connectivity index (χ3v) is 4.38. The molecule has 1 unspecified atom stereocenters. The third-order valence-electron chi connectivity index (χ3n) is 3.95. The second kappa shape index (κ2) is 9.84. The highest BCUT2D eigenvalue weighted by molar-refractivity contribution is 6.34. The minimum absolute atomic E-state index is 0.0704. The molecule has 0 aliphatic heterocycles. The summed E-state index contributed by atoms with van der Waals surface area (Å²) in [7, 11) is 0. The van der Waals surface area contributed by atoms with Crippen LogP contribution < -0.4 is 5.01 Å². The van der Waals surface area contributed by atoms with E-state index in [4.69, 9.17) is 23.2 Å². The maximum Gasteiger partial charge on any atom is 0.399 e. The Kier molecular flexibility index (Phi) is 7.71. The molecule has 0 aliphatic carbocycles. The maximum absolute atomic E-state index is 13.6. The Balaban J connectivity index is 2.44. The minimum atomic E-state index is -4.55. The average molecular weight is 452 g/mol.